The number of sulfonamides is 1. The number of nitrogens with one attached hydrogen (secondary N) is 1. The number of alkyl halides is 3. The average molecular weight is 500 g/mol. The van der Waals surface area contributed by atoms with Gasteiger partial charge in [-0.1, -0.05) is 0 Å². The van der Waals surface area contributed by atoms with Crippen molar-refractivity contribution in [3.05, 3.63) is 42.0 Å². The zero-order valence-electron chi connectivity index (χ0n) is 17.7. The zero-order chi connectivity index (χ0) is 24.7. The number of nitrogens with zero attached hydrogens (tertiary/aromatic N) is 4. The largest absolute Gasteiger partial charge is 0.493 e. The normalized spacial score (nSPS) is 21.3. The van der Waals surface area contributed by atoms with E-state index in [1.54, 1.807) is 6.07 Å². The number of aromatic nitrogens is 2. The van der Waals surface area contributed by atoms with Crippen molar-refractivity contribution >= 4 is 27.6 Å². The lowest BCUT2D eigenvalue weighted by Crippen LogP contribution is -2.52. The number of hydrogen-bond donors (Lipinski definition) is 2. The van der Waals surface area contributed by atoms with Crippen molar-refractivity contribution in [2.45, 2.75) is 18.1 Å². The van der Waals surface area contributed by atoms with Gasteiger partial charge in [-0.3, -0.25) is 4.79 Å². The number of carbonyl (C=O) groups excluding carboxylic acids is 1. The molecule has 2 aliphatic rings. The number of anilines is 1. The molecule has 1 aromatic heterocycles. The third-order valence-electron chi connectivity index (χ3n) is 5.24. The van der Waals surface area contributed by atoms with Gasteiger partial charge in [-0.15, -0.1) is 0 Å². The SMILES string of the molecule is CN1C(N)=N[C@@]2(CCOc3ccc(NC(=O)c4ncc(OCC(F)(F)F)cn4)cc32)CS1(=O)=O. The molecule has 1 amide bonds. The van der Waals surface area contributed by atoms with Gasteiger partial charge in [0, 0.05) is 24.7 Å². The molecule has 2 aromatic rings. The molecule has 3 heterocycles. The predicted octanol–water partition coefficient (Wildman–Crippen LogP) is 1.24. The number of aliphatic imine (C=N–C) groups is 1. The zero-order valence-corrected chi connectivity index (χ0v) is 18.5. The van der Waals surface area contributed by atoms with Crippen molar-refractivity contribution < 1.29 is 35.9 Å². The molecule has 0 radical (unpaired) electrons. The molecule has 182 valence electrons. The third-order valence-corrected chi connectivity index (χ3v) is 7.10. The van der Waals surface area contributed by atoms with Gasteiger partial charge in [0.05, 0.1) is 24.8 Å². The standard InChI is InChI=1S/C19H19F3N6O5S/c1-28-17(23)27-18(10-34(28,30)31)4-5-32-14-3-2-11(6-13(14)18)26-16(29)15-24-7-12(8-25-15)33-9-19(20,21)22/h2-3,6-8H,4-5,9-10H2,1H3,(H2,23,27)(H,26,29)/t18-/m0/s1. The maximum atomic E-state index is 12.6. The molecule has 1 atom stereocenters. The number of nitrogens with two attached hydrogens (primary N) is 1. The smallest absolute Gasteiger partial charge is 0.422 e. The topological polar surface area (TPSA) is 149 Å². The highest BCUT2D eigenvalue weighted by atomic mass is 32.2. The summed E-state index contributed by atoms with van der Waals surface area (Å²) in [6.45, 7) is -1.29. The van der Waals surface area contributed by atoms with E-state index in [4.69, 9.17) is 10.5 Å². The molecule has 3 N–H and O–H groups in total. The van der Waals surface area contributed by atoms with E-state index in [2.05, 4.69) is 25.0 Å². The number of rotatable bonds is 4. The summed E-state index contributed by atoms with van der Waals surface area (Å²) in [7, 11) is -2.41. The highest BCUT2D eigenvalue weighted by Crippen LogP contribution is 2.44. The highest BCUT2D eigenvalue weighted by molar-refractivity contribution is 7.89. The Morgan fingerprint density at radius 1 is 1.32 bits per heavy atom. The Kier molecular flexibility index (Phi) is 5.75. The van der Waals surface area contributed by atoms with Crippen LogP contribution in [-0.2, 0) is 15.6 Å². The van der Waals surface area contributed by atoms with Crippen molar-refractivity contribution in [1.82, 2.24) is 14.3 Å². The van der Waals surface area contributed by atoms with Crippen molar-refractivity contribution in [1.29, 1.82) is 0 Å². The second-order valence-corrected chi connectivity index (χ2v) is 9.64. The third kappa shape index (κ3) is 4.69. The van der Waals surface area contributed by atoms with E-state index in [0.29, 0.717) is 11.3 Å². The first-order valence-corrected chi connectivity index (χ1v) is 11.4. The summed E-state index contributed by atoms with van der Waals surface area (Å²) in [4.78, 5) is 24.4. The first kappa shape index (κ1) is 23.5. The fourth-order valence-corrected chi connectivity index (χ4v) is 5.04. The minimum Gasteiger partial charge on any atom is -0.493 e. The number of carbonyl (C=O) groups is 1. The van der Waals surface area contributed by atoms with Crippen molar-refractivity contribution in [2.75, 3.05) is 31.3 Å². The molecule has 34 heavy (non-hydrogen) atoms. The molecule has 0 saturated heterocycles. The van der Waals surface area contributed by atoms with Crippen LogP contribution in [0.15, 0.2) is 35.6 Å². The summed E-state index contributed by atoms with van der Waals surface area (Å²) < 4.78 is 73.0. The molecule has 2 aliphatic heterocycles. The second kappa shape index (κ2) is 8.30. The minimum absolute atomic E-state index is 0.158. The Bertz CT molecular complexity index is 1250. The number of fused-ring (bicyclic) bond motifs is 2. The average Bonchev–Trinajstić information content (AvgIpc) is 2.76. The van der Waals surface area contributed by atoms with Gasteiger partial charge in [-0.05, 0) is 18.2 Å². The fraction of sp³-hybridized carbons (Fsp3) is 0.368. The predicted molar refractivity (Wildman–Crippen MR) is 113 cm³/mol. The van der Waals surface area contributed by atoms with Crippen LogP contribution in [0.1, 0.15) is 22.6 Å². The number of ether oxygens (including phenoxy) is 2. The van der Waals surface area contributed by atoms with E-state index in [9.17, 15) is 26.4 Å². The van der Waals surface area contributed by atoms with Gasteiger partial charge in [-0.25, -0.2) is 27.7 Å². The summed E-state index contributed by atoms with van der Waals surface area (Å²) in [6.07, 6.45) is -2.37. The summed E-state index contributed by atoms with van der Waals surface area (Å²) in [5.74, 6) is -1.38. The number of benzene rings is 1. The van der Waals surface area contributed by atoms with E-state index in [1.165, 1.54) is 19.2 Å². The Morgan fingerprint density at radius 3 is 2.68 bits per heavy atom. The Morgan fingerprint density at radius 2 is 2.03 bits per heavy atom. The molecule has 0 saturated carbocycles. The van der Waals surface area contributed by atoms with Crippen LogP contribution in [0.4, 0.5) is 18.9 Å². The Balaban J connectivity index is 1.56. The summed E-state index contributed by atoms with van der Waals surface area (Å²) in [5.41, 5.74) is 5.40. The van der Waals surface area contributed by atoms with Crippen LogP contribution in [0.25, 0.3) is 0 Å². The van der Waals surface area contributed by atoms with Gasteiger partial charge >= 0.3 is 6.18 Å². The molecule has 4 rings (SSSR count). The van der Waals surface area contributed by atoms with Gasteiger partial charge in [0.1, 0.15) is 11.3 Å². The highest BCUT2D eigenvalue weighted by Gasteiger charge is 2.47. The monoisotopic (exact) mass is 500 g/mol. The van der Waals surface area contributed by atoms with E-state index in [0.717, 1.165) is 16.7 Å². The Labute approximate surface area is 191 Å². The van der Waals surface area contributed by atoms with Crippen LogP contribution in [0.2, 0.25) is 0 Å². The van der Waals surface area contributed by atoms with Crippen LogP contribution in [0, 0.1) is 0 Å². The first-order chi connectivity index (χ1) is 15.9. The van der Waals surface area contributed by atoms with Crippen LogP contribution < -0.4 is 20.5 Å². The second-order valence-electron chi connectivity index (χ2n) is 7.64. The van der Waals surface area contributed by atoms with Gasteiger partial charge in [0.15, 0.2) is 12.4 Å². The van der Waals surface area contributed by atoms with E-state index < -0.39 is 34.3 Å². The molecule has 0 fully saturated rings. The summed E-state index contributed by atoms with van der Waals surface area (Å²) in [6, 6.07) is 4.63. The molecular formula is C19H19F3N6O5S. The minimum atomic E-state index is -4.52. The molecule has 0 unspecified atom stereocenters. The van der Waals surface area contributed by atoms with Crippen LogP contribution >= 0.6 is 0 Å². The molecule has 15 heteroatoms. The maximum Gasteiger partial charge on any atom is 0.422 e. The number of halogens is 3. The van der Waals surface area contributed by atoms with E-state index in [1.807, 2.05) is 0 Å². The summed E-state index contributed by atoms with van der Waals surface area (Å²) >= 11 is 0. The van der Waals surface area contributed by atoms with Crippen molar-refractivity contribution in [3.8, 4) is 11.5 Å². The molecule has 1 spiro atoms. The fourth-order valence-electron chi connectivity index (χ4n) is 3.55. The van der Waals surface area contributed by atoms with Gasteiger partial charge < -0.3 is 20.5 Å². The quantitative estimate of drug-likeness (QED) is 0.637. The molecule has 11 nitrogen and oxygen atoms in total. The Hall–Kier alpha value is -3.62. The maximum absolute atomic E-state index is 12.6. The van der Waals surface area contributed by atoms with Crippen LogP contribution in [-0.4, -0.2) is 66.7 Å². The lowest BCUT2D eigenvalue weighted by Gasteiger charge is -2.40. The number of hydrogen-bond acceptors (Lipinski definition) is 9. The van der Waals surface area contributed by atoms with Crippen molar-refractivity contribution in [3.63, 3.8) is 0 Å². The summed E-state index contributed by atoms with van der Waals surface area (Å²) in [5, 5.41) is 2.57. The van der Waals surface area contributed by atoms with Crippen LogP contribution in [0.3, 0.4) is 0 Å². The molecule has 0 bridgehead atoms. The van der Waals surface area contributed by atoms with Gasteiger partial charge in [0.2, 0.25) is 21.8 Å². The molecule has 0 aliphatic carbocycles. The number of guanidine groups is 1. The first-order valence-electron chi connectivity index (χ1n) is 9.81. The van der Waals surface area contributed by atoms with Gasteiger partial charge in [0.25, 0.3) is 5.91 Å². The van der Waals surface area contributed by atoms with Gasteiger partial charge in [-0.2, -0.15) is 13.2 Å². The van der Waals surface area contributed by atoms with Crippen molar-refractivity contribution in [2.24, 2.45) is 10.7 Å². The van der Waals surface area contributed by atoms with E-state index >= 15 is 0 Å². The number of amides is 1. The molecular weight excluding hydrogens is 481 g/mol. The lowest BCUT2D eigenvalue weighted by molar-refractivity contribution is -0.153. The lowest BCUT2D eigenvalue weighted by atomic mass is 9.86. The molecule has 1 aromatic carbocycles. The van der Waals surface area contributed by atoms with Crippen LogP contribution in [0.5, 0.6) is 11.5 Å². The van der Waals surface area contributed by atoms with E-state index in [-0.39, 0.29) is 42.0 Å².